The predicted molar refractivity (Wildman–Crippen MR) is 93.6 cm³/mol. The van der Waals surface area contributed by atoms with Crippen LogP contribution in [-0.2, 0) is 14.3 Å². The van der Waals surface area contributed by atoms with E-state index in [0.29, 0.717) is 17.1 Å². The van der Waals surface area contributed by atoms with E-state index < -0.39 is 24.0 Å². The van der Waals surface area contributed by atoms with E-state index in [4.69, 9.17) is 4.74 Å². The van der Waals surface area contributed by atoms with Gasteiger partial charge in [0, 0.05) is 29.8 Å². The highest BCUT2D eigenvalue weighted by Crippen LogP contribution is 2.18. The second-order valence-corrected chi connectivity index (χ2v) is 5.71. The van der Waals surface area contributed by atoms with Crippen molar-refractivity contribution in [2.75, 3.05) is 6.54 Å². The fourth-order valence-corrected chi connectivity index (χ4v) is 2.42. The Balaban J connectivity index is 2.10. The lowest BCUT2D eigenvalue weighted by atomic mass is 10.1. The zero-order valence-corrected chi connectivity index (χ0v) is 14.3. The van der Waals surface area contributed by atoms with Gasteiger partial charge in [0.2, 0.25) is 6.10 Å². The van der Waals surface area contributed by atoms with Gasteiger partial charge in [0.1, 0.15) is 5.01 Å². The molecule has 0 aliphatic heterocycles. The number of thiazole rings is 1. The Bertz CT molecular complexity index is 745. The van der Waals surface area contributed by atoms with Crippen molar-refractivity contribution < 1.29 is 19.1 Å². The third kappa shape index (κ3) is 5.85. The van der Waals surface area contributed by atoms with E-state index >= 15 is 0 Å². The summed E-state index contributed by atoms with van der Waals surface area (Å²) in [5, 5.41) is 7.02. The topological polar surface area (TPSA) is 97.4 Å². The summed E-state index contributed by atoms with van der Waals surface area (Å²) in [5.74, 6) is -1.44. The Morgan fingerprint density at radius 2 is 2.04 bits per heavy atom. The molecule has 3 amide bonds. The van der Waals surface area contributed by atoms with E-state index in [0.717, 1.165) is 0 Å². The van der Waals surface area contributed by atoms with Crippen molar-refractivity contribution in [3.05, 3.63) is 58.6 Å². The van der Waals surface area contributed by atoms with Crippen molar-refractivity contribution in [1.29, 1.82) is 0 Å². The number of rotatable bonds is 6. The van der Waals surface area contributed by atoms with Crippen molar-refractivity contribution in [1.82, 2.24) is 15.6 Å². The first kappa shape index (κ1) is 18.3. The van der Waals surface area contributed by atoms with Gasteiger partial charge < -0.3 is 10.1 Å². The SMILES string of the molecule is CCNC(=O)NC(=O)C(OC(=O)/C=C/c1nccs1)c1ccccc1. The molecule has 0 spiro atoms. The smallest absolute Gasteiger partial charge is 0.331 e. The zero-order chi connectivity index (χ0) is 18.1. The minimum atomic E-state index is -1.24. The molecule has 1 heterocycles. The van der Waals surface area contributed by atoms with Crippen molar-refractivity contribution in [3.8, 4) is 0 Å². The molecule has 25 heavy (non-hydrogen) atoms. The molecule has 1 aromatic carbocycles. The number of imide groups is 1. The van der Waals surface area contributed by atoms with Crippen molar-refractivity contribution >= 4 is 35.3 Å². The summed E-state index contributed by atoms with van der Waals surface area (Å²) in [6.45, 7) is 2.09. The molecule has 0 saturated heterocycles. The predicted octanol–water partition coefficient (Wildman–Crippen LogP) is 2.29. The molecule has 2 N–H and O–H groups in total. The van der Waals surface area contributed by atoms with Crippen LogP contribution >= 0.6 is 11.3 Å². The molecule has 1 atom stereocenters. The Labute approximate surface area is 148 Å². The van der Waals surface area contributed by atoms with E-state index in [-0.39, 0.29) is 0 Å². The number of nitrogens with one attached hydrogen (secondary N) is 2. The largest absolute Gasteiger partial charge is 0.444 e. The summed E-state index contributed by atoms with van der Waals surface area (Å²) < 4.78 is 5.23. The highest BCUT2D eigenvalue weighted by molar-refractivity contribution is 7.10. The van der Waals surface area contributed by atoms with Crippen LogP contribution in [0.25, 0.3) is 6.08 Å². The first-order valence-electron chi connectivity index (χ1n) is 7.52. The number of amides is 3. The number of ether oxygens (including phenoxy) is 1. The van der Waals surface area contributed by atoms with Gasteiger partial charge in [-0.25, -0.2) is 14.6 Å². The second-order valence-electron chi connectivity index (χ2n) is 4.78. The molecule has 0 aliphatic rings. The lowest BCUT2D eigenvalue weighted by Crippen LogP contribution is -2.42. The number of hydrogen-bond acceptors (Lipinski definition) is 6. The van der Waals surface area contributed by atoms with Crippen LogP contribution in [0.4, 0.5) is 4.79 Å². The van der Waals surface area contributed by atoms with E-state index in [1.165, 1.54) is 23.5 Å². The van der Waals surface area contributed by atoms with Gasteiger partial charge in [0.05, 0.1) is 0 Å². The summed E-state index contributed by atoms with van der Waals surface area (Å²) in [7, 11) is 0. The van der Waals surface area contributed by atoms with Gasteiger partial charge in [0.15, 0.2) is 0 Å². The van der Waals surface area contributed by atoms with E-state index in [9.17, 15) is 14.4 Å². The summed E-state index contributed by atoms with van der Waals surface area (Å²) >= 11 is 1.36. The summed E-state index contributed by atoms with van der Waals surface area (Å²) in [6.07, 6.45) is 3.06. The standard InChI is InChI=1S/C17H17N3O4S/c1-2-18-17(23)20-16(22)15(12-6-4-3-5-7-12)24-14(21)9-8-13-19-10-11-25-13/h3-11,15H,2H2,1H3,(H2,18,20,22,23)/b9-8+. The molecule has 0 aliphatic carbocycles. The molecule has 7 nitrogen and oxygen atoms in total. The van der Waals surface area contributed by atoms with Gasteiger partial charge in [-0.15, -0.1) is 11.3 Å². The Kier molecular flexibility index (Phi) is 6.85. The Hall–Kier alpha value is -3.00. The number of carbonyl (C=O) groups excluding carboxylic acids is 3. The number of urea groups is 1. The van der Waals surface area contributed by atoms with Gasteiger partial charge in [-0.2, -0.15) is 0 Å². The van der Waals surface area contributed by atoms with Crippen LogP contribution in [-0.4, -0.2) is 29.4 Å². The van der Waals surface area contributed by atoms with Crippen LogP contribution in [0.5, 0.6) is 0 Å². The maximum absolute atomic E-state index is 12.3. The highest BCUT2D eigenvalue weighted by atomic mass is 32.1. The molecule has 2 rings (SSSR count). The van der Waals surface area contributed by atoms with E-state index in [2.05, 4.69) is 15.6 Å². The Morgan fingerprint density at radius 3 is 2.68 bits per heavy atom. The maximum Gasteiger partial charge on any atom is 0.331 e. The minimum Gasteiger partial charge on any atom is -0.444 e. The van der Waals surface area contributed by atoms with Crippen LogP contribution in [0.3, 0.4) is 0 Å². The first-order chi connectivity index (χ1) is 12.1. The number of carbonyl (C=O) groups is 3. The van der Waals surface area contributed by atoms with Crippen LogP contribution in [0.1, 0.15) is 23.6 Å². The average Bonchev–Trinajstić information content (AvgIpc) is 3.12. The molecule has 8 heteroatoms. The number of hydrogen-bond donors (Lipinski definition) is 2. The van der Waals surface area contributed by atoms with Crippen LogP contribution < -0.4 is 10.6 Å². The molecule has 2 aromatic rings. The summed E-state index contributed by atoms with van der Waals surface area (Å²) in [5.41, 5.74) is 0.459. The monoisotopic (exact) mass is 359 g/mol. The normalized spacial score (nSPS) is 11.7. The van der Waals surface area contributed by atoms with E-state index in [1.54, 1.807) is 48.8 Å². The van der Waals surface area contributed by atoms with Crippen LogP contribution in [0.15, 0.2) is 48.0 Å². The second kappa shape index (κ2) is 9.33. The van der Waals surface area contributed by atoms with Gasteiger partial charge >= 0.3 is 12.0 Å². The molecule has 0 fully saturated rings. The first-order valence-corrected chi connectivity index (χ1v) is 8.40. The molecule has 0 bridgehead atoms. The highest BCUT2D eigenvalue weighted by Gasteiger charge is 2.25. The zero-order valence-electron chi connectivity index (χ0n) is 13.5. The fourth-order valence-electron chi connectivity index (χ4n) is 1.89. The summed E-state index contributed by atoms with van der Waals surface area (Å²) in [4.78, 5) is 39.9. The van der Waals surface area contributed by atoms with Crippen LogP contribution in [0, 0.1) is 0 Å². The average molecular weight is 359 g/mol. The Morgan fingerprint density at radius 1 is 1.28 bits per heavy atom. The summed E-state index contributed by atoms with van der Waals surface area (Å²) in [6, 6.07) is 7.82. The molecule has 1 unspecified atom stereocenters. The number of esters is 1. The molecule has 1 aromatic heterocycles. The molecular weight excluding hydrogens is 342 g/mol. The van der Waals surface area contributed by atoms with Gasteiger partial charge in [-0.05, 0) is 13.0 Å². The third-order valence-corrected chi connectivity index (χ3v) is 3.70. The van der Waals surface area contributed by atoms with Gasteiger partial charge in [-0.1, -0.05) is 30.3 Å². The van der Waals surface area contributed by atoms with Crippen molar-refractivity contribution in [2.24, 2.45) is 0 Å². The molecular formula is C17H17N3O4S. The minimum absolute atomic E-state index is 0.367. The van der Waals surface area contributed by atoms with E-state index in [1.807, 2.05) is 0 Å². The fraction of sp³-hybridized carbons (Fsp3) is 0.176. The maximum atomic E-state index is 12.3. The third-order valence-electron chi connectivity index (χ3n) is 2.96. The molecule has 130 valence electrons. The molecule has 0 saturated carbocycles. The van der Waals surface area contributed by atoms with Gasteiger partial charge in [0.25, 0.3) is 5.91 Å². The van der Waals surface area contributed by atoms with Crippen molar-refractivity contribution in [3.63, 3.8) is 0 Å². The lowest BCUT2D eigenvalue weighted by Gasteiger charge is -2.16. The number of nitrogens with zero attached hydrogens (tertiary/aromatic N) is 1. The van der Waals surface area contributed by atoms with Gasteiger partial charge in [-0.3, -0.25) is 10.1 Å². The quantitative estimate of drug-likeness (QED) is 0.609. The number of aromatic nitrogens is 1. The molecule has 0 radical (unpaired) electrons. The van der Waals surface area contributed by atoms with Crippen molar-refractivity contribution in [2.45, 2.75) is 13.0 Å². The lowest BCUT2D eigenvalue weighted by molar-refractivity contribution is -0.151. The van der Waals surface area contributed by atoms with Crippen LogP contribution in [0.2, 0.25) is 0 Å². The number of benzene rings is 1.